The molecule has 0 unspecified atom stereocenters. The number of hydrogen-bond acceptors (Lipinski definition) is 4. The first-order valence-electron chi connectivity index (χ1n) is 6.40. The molecule has 2 N–H and O–H groups in total. The van der Waals surface area contributed by atoms with Gasteiger partial charge in [-0.2, -0.15) is 0 Å². The standard InChI is InChI=1S/C16H13BrN2OS/c17-13-8-12(14-10-21-16(18)19-14)6-7-15(13)20-9-11-4-2-1-3-5-11/h1-8,10H,9H2,(H2,18,19). The summed E-state index contributed by atoms with van der Waals surface area (Å²) in [7, 11) is 0. The van der Waals surface area contributed by atoms with E-state index in [1.54, 1.807) is 0 Å². The Labute approximate surface area is 135 Å². The average molecular weight is 361 g/mol. The number of halogens is 1. The summed E-state index contributed by atoms with van der Waals surface area (Å²) in [5.74, 6) is 0.811. The highest BCUT2D eigenvalue weighted by Gasteiger charge is 2.07. The van der Waals surface area contributed by atoms with Gasteiger partial charge in [-0.05, 0) is 39.7 Å². The van der Waals surface area contributed by atoms with Crippen LogP contribution in [0.25, 0.3) is 11.3 Å². The Bertz CT molecular complexity index is 743. The maximum absolute atomic E-state index is 5.83. The van der Waals surface area contributed by atoms with Gasteiger partial charge in [0.05, 0.1) is 10.2 Å². The van der Waals surface area contributed by atoms with Gasteiger partial charge in [-0.15, -0.1) is 11.3 Å². The van der Waals surface area contributed by atoms with E-state index in [1.165, 1.54) is 11.3 Å². The number of anilines is 1. The van der Waals surface area contributed by atoms with Crippen molar-refractivity contribution in [2.75, 3.05) is 5.73 Å². The highest BCUT2D eigenvalue weighted by atomic mass is 79.9. The summed E-state index contributed by atoms with van der Waals surface area (Å²) in [6.45, 7) is 0.544. The van der Waals surface area contributed by atoms with Crippen molar-refractivity contribution in [2.24, 2.45) is 0 Å². The van der Waals surface area contributed by atoms with Crippen LogP contribution in [-0.4, -0.2) is 4.98 Å². The van der Waals surface area contributed by atoms with E-state index in [9.17, 15) is 0 Å². The minimum absolute atomic E-state index is 0.544. The summed E-state index contributed by atoms with van der Waals surface area (Å²) in [6.07, 6.45) is 0. The molecular formula is C16H13BrN2OS. The SMILES string of the molecule is Nc1nc(-c2ccc(OCc3ccccc3)c(Br)c2)cs1. The number of nitrogens with zero attached hydrogens (tertiary/aromatic N) is 1. The Balaban J connectivity index is 1.75. The van der Waals surface area contributed by atoms with Gasteiger partial charge in [-0.25, -0.2) is 4.98 Å². The van der Waals surface area contributed by atoms with Crippen LogP contribution >= 0.6 is 27.3 Å². The fraction of sp³-hybridized carbons (Fsp3) is 0.0625. The van der Waals surface area contributed by atoms with Crippen LogP contribution in [0.2, 0.25) is 0 Å². The van der Waals surface area contributed by atoms with E-state index in [2.05, 4.69) is 20.9 Å². The van der Waals surface area contributed by atoms with Crippen LogP contribution in [0.3, 0.4) is 0 Å². The first kappa shape index (κ1) is 14.1. The molecule has 0 fully saturated rings. The zero-order chi connectivity index (χ0) is 14.7. The first-order chi connectivity index (χ1) is 10.2. The van der Waals surface area contributed by atoms with Gasteiger partial charge >= 0.3 is 0 Å². The quantitative estimate of drug-likeness (QED) is 0.731. The number of hydrogen-bond donors (Lipinski definition) is 1. The minimum Gasteiger partial charge on any atom is -0.488 e. The molecular weight excluding hydrogens is 348 g/mol. The van der Waals surface area contributed by atoms with Crippen LogP contribution in [-0.2, 0) is 6.61 Å². The van der Waals surface area contributed by atoms with Gasteiger partial charge < -0.3 is 10.5 Å². The number of thiazole rings is 1. The molecule has 0 atom stereocenters. The molecule has 3 nitrogen and oxygen atoms in total. The summed E-state index contributed by atoms with van der Waals surface area (Å²) in [5.41, 5.74) is 8.70. The third-order valence-electron chi connectivity index (χ3n) is 2.99. The zero-order valence-electron chi connectivity index (χ0n) is 11.1. The molecule has 3 aromatic rings. The maximum Gasteiger partial charge on any atom is 0.180 e. The molecule has 5 heteroatoms. The fourth-order valence-electron chi connectivity index (χ4n) is 1.93. The van der Waals surface area contributed by atoms with Gasteiger partial charge in [0.2, 0.25) is 0 Å². The molecule has 106 valence electrons. The maximum atomic E-state index is 5.83. The summed E-state index contributed by atoms with van der Waals surface area (Å²) in [4.78, 5) is 4.28. The lowest BCUT2D eigenvalue weighted by Gasteiger charge is -2.09. The molecule has 0 bridgehead atoms. The molecule has 0 saturated heterocycles. The number of ether oxygens (including phenoxy) is 1. The first-order valence-corrected chi connectivity index (χ1v) is 8.07. The summed E-state index contributed by atoms with van der Waals surface area (Å²) < 4.78 is 6.73. The highest BCUT2D eigenvalue weighted by Crippen LogP contribution is 2.32. The van der Waals surface area contributed by atoms with Gasteiger partial charge in [-0.3, -0.25) is 0 Å². The Morgan fingerprint density at radius 2 is 1.95 bits per heavy atom. The number of nitrogens with two attached hydrogens (primary N) is 1. The predicted octanol–water partition coefficient (Wildman–Crippen LogP) is 4.73. The molecule has 0 aliphatic rings. The molecule has 0 aliphatic heterocycles. The monoisotopic (exact) mass is 360 g/mol. The van der Waals surface area contributed by atoms with E-state index >= 15 is 0 Å². The molecule has 0 aliphatic carbocycles. The average Bonchev–Trinajstić information content (AvgIpc) is 2.93. The normalized spacial score (nSPS) is 10.5. The third-order valence-corrected chi connectivity index (χ3v) is 4.28. The predicted molar refractivity (Wildman–Crippen MR) is 90.4 cm³/mol. The van der Waals surface area contributed by atoms with E-state index in [1.807, 2.05) is 53.9 Å². The smallest absolute Gasteiger partial charge is 0.180 e. The van der Waals surface area contributed by atoms with Crippen molar-refractivity contribution in [2.45, 2.75) is 6.61 Å². The largest absolute Gasteiger partial charge is 0.488 e. The summed E-state index contributed by atoms with van der Waals surface area (Å²) in [5, 5.41) is 2.52. The molecule has 21 heavy (non-hydrogen) atoms. The number of nitrogen functional groups attached to an aromatic ring is 1. The van der Waals surface area contributed by atoms with Gasteiger partial charge in [0.1, 0.15) is 12.4 Å². The van der Waals surface area contributed by atoms with Gasteiger partial charge in [-0.1, -0.05) is 30.3 Å². The van der Waals surface area contributed by atoms with Crippen molar-refractivity contribution in [1.29, 1.82) is 0 Å². The van der Waals surface area contributed by atoms with Crippen molar-refractivity contribution in [3.63, 3.8) is 0 Å². The van der Waals surface area contributed by atoms with Crippen LogP contribution in [0.5, 0.6) is 5.75 Å². The van der Waals surface area contributed by atoms with Crippen molar-refractivity contribution in [3.05, 3.63) is 63.9 Å². The lowest BCUT2D eigenvalue weighted by atomic mass is 10.2. The minimum atomic E-state index is 0.544. The van der Waals surface area contributed by atoms with Crippen molar-refractivity contribution in [3.8, 4) is 17.0 Å². The van der Waals surface area contributed by atoms with Crippen LogP contribution < -0.4 is 10.5 Å². The van der Waals surface area contributed by atoms with Crippen LogP contribution in [0.1, 0.15) is 5.56 Å². The van der Waals surface area contributed by atoms with Crippen molar-refractivity contribution >= 4 is 32.4 Å². The Morgan fingerprint density at radius 3 is 2.62 bits per heavy atom. The third kappa shape index (κ3) is 3.43. The highest BCUT2D eigenvalue weighted by molar-refractivity contribution is 9.10. The lowest BCUT2D eigenvalue weighted by Crippen LogP contribution is -1.95. The molecule has 1 heterocycles. The van der Waals surface area contributed by atoms with Gasteiger partial charge in [0.25, 0.3) is 0 Å². The lowest BCUT2D eigenvalue weighted by molar-refractivity contribution is 0.304. The van der Waals surface area contributed by atoms with Crippen molar-refractivity contribution in [1.82, 2.24) is 4.98 Å². The number of benzene rings is 2. The van der Waals surface area contributed by atoms with Crippen LogP contribution in [0, 0.1) is 0 Å². The van der Waals surface area contributed by atoms with Gasteiger partial charge in [0.15, 0.2) is 5.13 Å². The van der Waals surface area contributed by atoms with E-state index in [4.69, 9.17) is 10.5 Å². The molecule has 0 radical (unpaired) electrons. The Kier molecular flexibility index (Phi) is 4.22. The van der Waals surface area contributed by atoms with E-state index in [-0.39, 0.29) is 0 Å². The van der Waals surface area contributed by atoms with E-state index < -0.39 is 0 Å². The number of aromatic nitrogens is 1. The topological polar surface area (TPSA) is 48.1 Å². The molecule has 3 rings (SSSR count). The molecule has 1 aromatic heterocycles. The molecule has 0 amide bonds. The second-order valence-corrected chi connectivity index (χ2v) is 6.23. The Morgan fingerprint density at radius 1 is 1.14 bits per heavy atom. The summed E-state index contributed by atoms with van der Waals surface area (Å²) >= 11 is 4.98. The fourth-order valence-corrected chi connectivity index (χ4v) is 3.00. The molecule has 0 spiro atoms. The molecule has 0 saturated carbocycles. The zero-order valence-corrected chi connectivity index (χ0v) is 13.5. The Hall–Kier alpha value is -1.85. The van der Waals surface area contributed by atoms with Gasteiger partial charge in [0, 0.05) is 10.9 Å². The van der Waals surface area contributed by atoms with Crippen LogP contribution in [0.15, 0.2) is 58.4 Å². The van der Waals surface area contributed by atoms with Crippen molar-refractivity contribution < 1.29 is 4.74 Å². The second-order valence-electron chi connectivity index (χ2n) is 4.49. The molecule has 2 aromatic carbocycles. The van der Waals surface area contributed by atoms with E-state index in [0.29, 0.717) is 11.7 Å². The van der Waals surface area contributed by atoms with Crippen LogP contribution in [0.4, 0.5) is 5.13 Å². The van der Waals surface area contributed by atoms with E-state index in [0.717, 1.165) is 27.0 Å². The second kappa shape index (κ2) is 6.28. The summed E-state index contributed by atoms with van der Waals surface area (Å²) in [6, 6.07) is 16.0. The number of rotatable bonds is 4.